The Hall–Kier alpha value is -2.10. The summed E-state index contributed by atoms with van der Waals surface area (Å²) in [5.41, 5.74) is 2.23. The highest BCUT2D eigenvalue weighted by Gasteiger charge is 2.19. The molecule has 0 saturated carbocycles. The number of rotatable bonds is 5. The van der Waals surface area contributed by atoms with Gasteiger partial charge in [-0.1, -0.05) is 39.0 Å². The van der Waals surface area contributed by atoms with Crippen LogP contribution in [0.5, 0.6) is 0 Å². The van der Waals surface area contributed by atoms with Crippen LogP contribution in [0.15, 0.2) is 34.7 Å². The lowest BCUT2D eigenvalue weighted by molar-refractivity contribution is 0.460. The van der Waals surface area contributed by atoms with Gasteiger partial charge >= 0.3 is 0 Å². The van der Waals surface area contributed by atoms with Gasteiger partial charge in [0.15, 0.2) is 0 Å². The molecule has 2 aromatic heterocycles. The average molecular weight is 297 g/mol. The third kappa shape index (κ3) is 2.65. The lowest BCUT2D eigenvalue weighted by atomic mass is 10.1. The molecule has 1 aromatic carbocycles. The largest absolute Gasteiger partial charge is 0.419 e. The molecule has 0 saturated heterocycles. The minimum absolute atomic E-state index is 0.385. The second-order valence-corrected chi connectivity index (χ2v) is 6.31. The van der Waals surface area contributed by atoms with Gasteiger partial charge in [0.25, 0.3) is 5.89 Å². The SMILES string of the molecule is CCC(C)n1c(-c2nnc(CC(C)C)o2)cc2ccccc21. The van der Waals surface area contributed by atoms with Crippen LogP contribution in [0, 0.1) is 5.92 Å². The molecule has 0 aliphatic carbocycles. The molecule has 0 aliphatic heterocycles. The van der Waals surface area contributed by atoms with Crippen molar-refractivity contribution in [2.75, 3.05) is 0 Å². The van der Waals surface area contributed by atoms with E-state index < -0.39 is 0 Å². The third-order valence-corrected chi connectivity index (χ3v) is 4.05. The first-order chi connectivity index (χ1) is 10.6. The highest BCUT2D eigenvalue weighted by molar-refractivity contribution is 5.85. The fourth-order valence-electron chi connectivity index (χ4n) is 2.79. The van der Waals surface area contributed by atoms with Gasteiger partial charge in [0.05, 0.1) is 0 Å². The molecule has 0 bridgehead atoms. The van der Waals surface area contributed by atoms with E-state index in [0.29, 0.717) is 23.7 Å². The number of hydrogen-bond acceptors (Lipinski definition) is 3. The van der Waals surface area contributed by atoms with E-state index in [2.05, 4.69) is 72.8 Å². The van der Waals surface area contributed by atoms with Gasteiger partial charge in [-0.15, -0.1) is 10.2 Å². The minimum Gasteiger partial charge on any atom is -0.419 e. The summed E-state index contributed by atoms with van der Waals surface area (Å²) in [6.07, 6.45) is 1.87. The van der Waals surface area contributed by atoms with Gasteiger partial charge in [-0.3, -0.25) is 0 Å². The Bertz CT molecular complexity index is 770. The zero-order valence-electron chi connectivity index (χ0n) is 13.7. The van der Waals surface area contributed by atoms with Gasteiger partial charge in [0, 0.05) is 23.4 Å². The van der Waals surface area contributed by atoms with Crippen LogP contribution in [0.3, 0.4) is 0 Å². The first kappa shape index (κ1) is 14.8. The smallest absolute Gasteiger partial charge is 0.264 e. The molecule has 0 fully saturated rings. The van der Waals surface area contributed by atoms with Crippen LogP contribution < -0.4 is 0 Å². The molecule has 2 heterocycles. The maximum absolute atomic E-state index is 5.90. The highest BCUT2D eigenvalue weighted by Crippen LogP contribution is 2.32. The fraction of sp³-hybridized carbons (Fsp3) is 0.444. The van der Waals surface area contributed by atoms with E-state index in [0.717, 1.165) is 18.5 Å². The average Bonchev–Trinajstić information content (AvgIpc) is 3.09. The minimum atomic E-state index is 0.385. The first-order valence-electron chi connectivity index (χ1n) is 8.02. The van der Waals surface area contributed by atoms with Crippen LogP contribution in [0.2, 0.25) is 0 Å². The molecule has 1 unspecified atom stereocenters. The number of hydrogen-bond donors (Lipinski definition) is 0. The monoisotopic (exact) mass is 297 g/mol. The van der Waals surface area contributed by atoms with Gasteiger partial charge in [0.2, 0.25) is 5.89 Å². The van der Waals surface area contributed by atoms with Crippen LogP contribution in [0.1, 0.15) is 46.0 Å². The van der Waals surface area contributed by atoms with Crippen LogP contribution >= 0.6 is 0 Å². The van der Waals surface area contributed by atoms with Crippen molar-refractivity contribution in [3.8, 4) is 11.6 Å². The van der Waals surface area contributed by atoms with Gasteiger partial charge < -0.3 is 8.98 Å². The molecule has 0 amide bonds. The van der Waals surface area contributed by atoms with Crippen molar-refractivity contribution in [2.45, 2.75) is 46.6 Å². The molecular formula is C18H23N3O. The standard InChI is InChI=1S/C18H23N3O/c1-5-13(4)21-15-9-7-6-8-14(15)11-16(21)18-20-19-17(22-18)10-12(2)3/h6-9,11-13H,5,10H2,1-4H3. The molecule has 4 heteroatoms. The fourth-order valence-corrected chi connectivity index (χ4v) is 2.79. The van der Waals surface area contributed by atoms with Crippen LogP contribution in [0.4, 0.5) is 0 Å². The van der Waals surface area contributed by atoms with Gasteiger partial charge in [0.1, 0.15) is 5.69 Å². The van der Waals surface area contributed by atoms with Gasteiger partial charge in [-0.05, 0) is 31.4 Å². The van der Waals surface area contributed by atoms with Crippen molar-refractivity contribution in [1.82, 2.24) is 14.8 Å². The molecule has 0 aliphatic rings. The van der Waals surface area contributed by atoms with E-state index in [1.165, 1.54) is 10.9 Å². The summed E-state index contributed by atoms with van der Waals surface area (Å²) in [6.45, 7) is 8.72. The number of fused-ring (bicyclic) bond motifs is 1. The maximum atomic E-state index is 5.90. The number of nitrogens with zero attached hydrogens (tertiary/aromatic N) is 3. The van der Waals surface area contributed by atoms with Gasteiger partial charge in [-0.2, -0.15) is 0 Å². The van der Waals surface area contributed by atoms with Crippen molar-refractivity contribution in [2.24, 2.45) is 5.92 Å². The summed E-state index contributed by atoms with van der Waals surface area (Å²) >= 11 is 0. The van der Waals surface area contributed by atoms with Crippen LogP contribution in [-0.2, 0) is 6.42 Å². The Labute approximate surface area is 131 Å². The van der Waals surface area contributed by atoms with Crippen LogP contribution in [-0.4, -0.2) is 14.8 Å². The van der Waals surface area contributed by atoms with E-state index in [-0.39, 0.29) is 0 Å². The molecule has 3 rings (SSSR count). The lowest BCUT2D eigenvalue weighted by Gasteiger charge is -2.15. The van der Waals surface area contributed by atoms with E-state index in [4.69, 9.17) is 4.42 Å². The van der Waals surface area contributed by atoms with E-state index in [1.807, 2.05) is 0 Å². The zero-order valence-corrected chi connectivity index (χ0v) is 13.7. The first-order valence-corrected chi connectivity index (χ1v) is 8.02. The quantitative estimate of drug-likeness (QED) is 0.675. The lowest BCUT2D eigenvalue weighted by Crippen LogP contribution is -2.05. The van der Waals surface area contributed by atoms with Crippen LogP contribution in [0.25, 0.3) is 22.5 Å². The number of benzene rings is 1. The second-order valence-electron chi connectivity index (χ2n) is 6.31. The summed E-state index contributed by atoms with van der Waals surface area (Å²) in [7, 11) is 0. The Morgan fingerprint density at radius 2 is 1.91 bits per heavy atom. The molecule has 3 aromatic rings. The van der Waals surface area contributed by atoms with Crippen molar-refractivity contribution in [1.29, 1.82) is 0 Å². The Kier molecular flexibility index (Phi) is 4.01. The van der Waals surface area contributed by atoms with E-state index >= 15 is 0 Å². The summed E-state index contributed by atoms with van der Waals surface area (Å²) in [5.74, 6) is 1.84. The van der Waals surface area contributed by atoms with Gasteiger partial charge in [-0.25, -0.2) is 0 Å². The molecule has 22 heavy (non-hydrogen) atoms. The zero-order chi connectivity index (χ0) is 15.7. The summed E-state index contributed by atoms with van der Waals surface area (Å²) < 4.78 is 8.21. The highest BCUT2D eigenvalue weighted by atomic mass is 16.4. The van der Waals surface area contributed by atoms with Crippen molar-refractivity contribution in [3.05, 3.63) is 36.2 Å². The van der Waals surface area contributed by atoms with E-state index in [9.17, 15) is 0 Å². The predicted molar refractivity (Wildman–Crippen MR) is 88.8 cm³/mol. The Balaban J connectivity index is 2.11. The summed E-state index contributed by atoms with van der Waals surface area (Å²) in [4.78, 5) is 0. The molecule has 1 atom stereocenters. The summed E-state index contributed by atoms with van der Waals surface area (Å²) in [6, 6.07) is 10.9. The Morgan fingerprint density at radius 3 is 2.64 bits per heavy atom. The Morgan fingerprint density at radius 1 is 1.14 bits per heavy atom. The topological polar surface area (TPSA) is 43.9 Å². The third-order valence-electron chi connectivity index (χ3n) is 4.05. The molecule has 0 N–H and O–H groups in total. The van der Waals surface area contributed by atoms with E-state index in [1.54, 1.807) is 0 Å². The summed E-state index contributed by atoms with van der Waals surface area (Å²) in [5, 5.41) is 9.68. The molecular weight excluding hydrogens is 274 g/mol. The predicted octanol–water partition coefficient (Wildman–Crippen LogP) is 4.86. The van der Waals surface area contributed by atoms with Crippen molar-refractivity contribution < 1.29 is 4.42 Å². The van der Waals surface area contributed by atoms with Crippen molar-refractivity contribution in [3.63, 3.8) is 0 Å². The molecule has 0 spiro atoms. The van der Waals surface area contributed by atoms with Crippen molar-refractivity contribution >= 4 is 10.9 Å². The molecule has 0 radical (unpaired) electrons. The normalized spacial score (nSPS) is 13.1. The number of aromatic nitrogens is 3. The molecule has 4 nitrogen and oxygen atoms in total. The molecule has 116 valence electrons. The maximum Gasteiger partial charge on any atom is 0.264 e. The number of para-hydroxylation sites is 1. The second kappa shape index (κ2) is 5.95.